The Bertz CT molecular complexity index is 1090. The van der Waals surface area contributed by atoms with Gasteiger partial charge in [0.2, 0.25) is 0 Å². The molecule has 1 heterocycles. The zero-order chi connectivity index (χ0) is 20.5. The summed E-state index contributed by atoms with van der Waals surface area (Å²) in [7, 11) is 0. The predicted molar refractivity (Wildman–Crippen MR) is 120 cm³/mol. The summed E-state index contributed by atoms with van der Waals surface area (Å²) in [5.41, 5.74) is 4.64. The van der Waals surface area contributed by atoms with Crippen molar-refractivity contribution in [2.45, 2.75) is 39.5 Å². The van der Waals surface area contributed by atoms with Crippen LogP contribution in [-0.2, 0) is 16.6 Å². The van der Waals surface area contributed by atoms with E-state index in [9.17, 15) is 10.1 Å². The zero-order valence-corrected chi connectivity index (χ0v) is 18.7. The summed E-state index contributed by atoms with van der Waals surface area (Å²) in [5.74, 6) is -0.346. The fraction of sp³-hybridized carbons (Fsp3) is 0.304. The van der Waals surface area contributed by atoms with Crippen molar-refractivity contribution in [1.29, 1.82) is 5.26 Å². The van der Waals surface area contributed by atoms with E-state index in [-0.39, 0.29) is 5.97 Å². The molecule has 0 fully saturated rings. The van der Waals surface area contributed by atoms with Crippen LogP contribution < -0.4 is 0 Å². The SMILES string of the molecule is CCOC(=O)c1c(C(C)(C)c2ccc(CC)c(I)c2)[nH]c2cc(C#N)ccc12. The number of halogens is 1. The number of aryl methyl sites for hydroxylation is 1. The van der Waals surface area contributed by atoms with Crippen LogP contribution in [0.3, 0.4) is 0 Å². The number of hydrogen-bond donors (Lipinski definition) is 1. The first kappa shape index (κ1) is 20.4. The largest absolute Gasteiger partial charge is 0.462 e. The standard InChI is InChI=1S/C23H23IN2O2/c1-5-15-8-9-16(12-18(15)24)23(3,4)21-20(22(27)28-6-2)17-10-7-14(13-25)11-19(17)26-21/h7-12,26H,5-6H2,1-4H3. The van der Waals surface area contributed by atoms with E-state index in [1.54, 1.807) is 19.1 Å². The summed E-state index contributed by atoms with van der Waals surface area (Å²) in [4.78, 5) is 16.2. The minimum atomic E-state index is -0.444. The van der Waals surface area contributed by atoms with Gasteiger partial charge < -0.3 is 9.72 Å². The first-order valence-electron chi connectivity index (χ1n) is 9.35. The van der Waals surface area contributed by atoms with Crippen LogP contribution in [0.2, 0.25) is 0 Å². The highest BCUT2D eigenvalue weighted by molar-refractivity contribution is 14.1. The number of fused-ring (bicyclic) bond motifs is 1. The van der Waals surface area contributed by atoms with Crippen LogP contribution in [0.5, 0.6) is 0 Å². The Labute approximate surface area is 179 Å². The van der Waals surface area contributed by atoms with E-state index in [0.29, 0.717) is 17.7 Å². The number of ether oxygens (including phenoxy) is 1. The summed E-state index contributed by atoms with van der Waals surface area (Å²) in [6.07, 6.45) is 0.983. The van der Waals surface area contributed by atoms with Crippen molar-refractivity contribution in [3.63, 3.8) is 0 Å². The van der Waals surface area contributed by atoms with E-state index in [1.165, 1.54) is 9.13 Å². The van der Waals surface area contributed by atoms with Crippen LogP contribution in [0.4, 0.5) is 0 Å². The Balaban J connectivity index is 2.25. The molecule has 0 saturated heterocycles. The molecule has 0 bridgehead atoms. The third-order valence-corrected chi connectivity index (χ3v) is 6.19. The molecule has 0 amide bonds. The van der Waals surface area contributed by atoms with Gasteiger partial charge in [0.05, 0.1) is 23.8 Å². The lowest BCUT2D eigenvalue weighted by atomic mass is 9.79. The average molecular weight is 486 g/mol. The van der Waals surface area contributed by atoms with E-state index in [2.05, 4.69) is 72.6 Å². The average Bonchev–Trinajstić information content (AvgIpc) is 3.07. The second kappa shape index (κ2) is 7.96. The minimum Gasteiger partial charge on any atom is -0.462 e. The summed E-state index contributed by atoms with van der Waals surface area (Å²) >= 11 is 2.37. The fourth-order valence-electron chi connectivity index (χ4n) is 3.52. The van der Waals surface area contributed by atoms with Crippen LogP contribution in [-0.4, -0.2) is 17.6 Å². The summed E-state index contributed by atoms with van der Waals surface area (Å²) in [6.45, 7) is 8.46. The highest BCUT2D eigenvalue weighted by atomic mass is 127. The second-order valence-corrected chi connectivity index (χ2v) is 8.41. The first-order chi connectivity index (χ1) is 13.3. The number of H-pyrrole nitrogens is 1. The number of carbonyl (C=O) groups is 1. The molecule has 0 atom stereocenters. The molecule has 3 aromatic rings. The van der Waals surface area contributed by atoms with Gasteiger partial charge in [-0.2, -0.15) is 5.26 Å². The van der Waals surface area contributed by atoms with Gasteiger partial charge in [0, 0.05) is 25.6 Å². The molecule has 0 saturated carbocycles. The Morgan fingerprint density at radius 1 is 1.21 bits per heavy atom. The molecular weight excluding hydrogens is 463 g/mol. The molecule has 5 heteroatoms. The van der Waals surface area contributed by atoms with Crippen molar-refractivity contribution in [2.24, 2.45) is 0 Å². The van der Waals surface area contributed by atoms with E-state index < -0.39 is 5.41 Å². The van der Waals surface area contributed by atoms with E-state index in [1.807, 2.05) is 6.07 Å². The number of nitrogens with zero attached hydrogens (tertiary/aromatic N) is 1. The van der Waals surface area contributed by atoms with Crippen molar-refractivity contribution < 1.29 is 9.53 Å². The molecule has 3 rings (SSSR count). The number of rotatable bonds is 5. The fourth-order valence-corrected chi connectivity index (χ4v) is 4.41. The number of hydrogen-bond acceptors (Lipinski definition) is 3. The maximum Gasteiger partial charge on any atom is 0.340 e. The topological polar surface area (TPSA) is 65.9 Å². The van der Waals surface area contributed by atoms with Crippen molar-refractivity contribution in [3.8, 4) is 6.07 Å². The lowest BCUT2D eigenvalue weighted by Crippen LogP contribution is -2.23. The van der Waals surface area contributed by atoms with Crippen LogP contribution in [0.25, 0.3) is 10.9 Å². The van der Waals surface area contributed by atoms with E-state index in [4.69, 9.17) is 4.74 Å². The molecule has 4 nitrogen and oxygen atoms in total. The maximum absolute atomic E-state index is 12.8. The molecule has 0 unspecified atom stereocenters. The number of carbonyl (C=O) groups excluding carboxylic acids is 1. The smallest absolute Gasteiger partial charge is 0.340 e. The molecule has 0 aliphatic carbocycles. The highest BCUT2D eigenvalue weighted by Gasteiger charge is 2.32. The van der Waals surface area contributed by atoms with Gasteiger partial charge in [0.15, 0.2) is 0 Å². The lowest BCUT2D eigenvalue weighted by Gasteiger charge is -2.26. The Morgan fingerprint density at radius 2 is 1.96 bits per heavy atom. The highest BCUT2D eigenvalue weighted by Crippen LogP contribution is 2.38. The second-order valence-electron chi connectivity index (χ2n) is 7.25. The molecule has 0 aliphatic heterocycles. The van der Waals surface area contributed by atoms with Crippen LogP contribution in [0.1, 0.15) is 60.4 Å². The lowest BCUT2D eigenvalue weighted by molar-refractivity contribution is 0.0526. The normalized spacial score (nSPS) is 11.4. The van der Waals surface area contributed by atoms with Gasteiger partial charge in [-0.15, -0.1) is 0 Å². The number of aromatic nitrogens is 1. The summed E-state index contributed by atoms with van der Waals surface area (Å²) in [6, 6.07) is 13.9. The molecule has 144 valence electrons. The molecule has 0 aliphatic rings. The van der Waals surface area contributed by atoms with Crippen molar-refractivity contribution in [2.75, 3.05) is 6.61 Å². The first-order valence-corrected chi connectivity index (χ1v) is 10.4. The van der Waals surface area contributed by atoms with Crippen LogP contribution in [0.15, 0.2) is 36.4 Å². The quantitative estimate of drug-likeness (QED) is 0.371. The van der Waals surface area contributed by atoms with Crippen molar-refractivity contribution in [1.82, 2.24) is 4.98 Å². The molecule has 1 aromatic heterocycles. The van der Waals surface area contributed by atoms with Gasteiger partial charge >= 0.3 is 5.97 Å². The number of esters is 1. The Morgan fingerprint density at radius 3 is 2.57 bits per heavy atom. The van der Waals surface area contributed by atoms with Crippen molar-refractivity contribution >= 4 is 39.5 Å². The van der Waals surface area contributed by atoms with Crippen LogP contribution in [0, 0.1) is 14.9 Å². The number of aromatic amines is 1. The number of nitrogens with one attached hydrogen (secondary N) is 1. The molecule has 0 radical (unpaired) electrons. The van der Waals surface area contributed by atoms with Gasteiger partial charge in [-0.1, -0.05) is 39.0 Å². The molecule has 2 aromatic carbocycles. The predicted octanol–water partition coefficient (Wildman–Crippen LogP) is 5.71. The number of nitriles is 1. The third kappa shape index (κ3) is 3.53. The molecular formula is C23H23IN2O2. The maximum atomic E-state index is 12.8. The van der Waals surface area contributed by atoms with Gasteiger partial charge in [-0.3, -0.25) is 0 Å². The molecule has 1 N–H and O–H groups in total. The van der Waals surface area contributed by atoms with E-state index in [0.717, 1.165) is 28.6 Å². The molecule has 28 heavy (non-hydrogen) atoms. The van der Waals surface area contributed by atoms with Crippen LogP contribution >= 0.6 is 22.6 Å². The Hall–Kier alpha value is -2.33. The third-order valence-electron chi connectivity index (χ3n) is 5.19. The zero-order valence-electron chi connectivity index (χ0n) is 16.5. The van der Waals surface area contributed by atoms with Gasteiger partial charge in [-0.05, 0) is 65.3 Å². The summed E-state index contributed by atoms with van der Waals surface area (Å²) in [5, 5.41) is 10.0. The van der Waals surface area contributed by atoms with E-state index >= 15 is 0 Å². The number of benzene rings is 2. The van der Waals surface area contributed by atoms with Gasteiger partial charge in [-0.25, -0.2) is 4.79 Å². The minimum absolute atomic E-state index is 0.310. The molecule has 0 spiro atoms. The summed E-state index contributed by atoms with van der Waals surface area (Å²) < 4.78 is 6.57. The Kier molecular flexibility index (Phi) is 5.80. The van der Waals surface area contributed by atoms with Gasteiger partial charge in [0.25, 0.3) is 0 Å². The van der Waals surface area contributed by atoms with Crippen molar-refractivity contribution in [3.05, 3.63) is 67.9 Å². The van der Waals surface area contributed by atoms with Gasteiger partial charge in [0.1, 0.15) is 0 Å². The monoisotopic (exact) mass is 486 g/mol.